The van der Waals surface area contributed by atoms with E-state index in [4.69, 9.17) is 0 Å². The Labute approximate surface area is 114 Å². The van der Waals surface area contributed by atoms with Gasteiger partial charge in [-0.1, -0.05) is 6.92 Å². The van der Waals surface area contributed by atoms with Gasteiger partial charge in [0.1, 0.15) is 0 Å². The number of hydrogen-bond donors (Lipinski definition) is 1. The Hall–Kier alpha value is -1.42. The Kier molecular flexibility index (Phi) is 4.20. The Bertz CT molecular complexity index is 457. The minimum absolute atomic E-state index is 0.0507. The van der Waals surface area contributed by atoms with Crippen molar-refractivity contribution in [1.82, 2.24) is 9.88 Å². The zero-order valence-corrected chi connectivity index (χ0v) is 11.7. The highest BCUT2D eigenvalue weighted by Gasteiger charge is 2.27. The fourth-order valence-electron chi connectivity index (χ4n) is 2.45. The molecule has 1 aromatic rings. The SMILES string of the molecule is CCc1cc(C(=O)N2CCC[C@](C)(O)CC2)ccn1. The minimum atomic E-state index is -0.637. The summed E-state index contributed by atoms with van der Waals surface area (Å²) in [7, 11) is 0. The van der Waals surface area contributed by atoms with E-state index in [1.54, 1.807) is 12.3 Å². The van der Waals surface area contributed by atoms with Crippen LogP contribution in [0, 0.1) is 0 Å². The molecule has 0 saturated carbocycles. The van der Waals surface area contributed by atoms with E-state index >= 15 is 0 Å². The van der Waals surface area contributed by atoms with Crippen molar-refractivity contribution in [3.05, 3.63) is 29.6 Å². The van der Waals surface area contributed by atoms with Gasteiger partial charge in [-0.15, -0.1) is 0 Å². The number of nitrogens with zero attached hydrogens (tertiary/aromatic N) is 2. The molecule has 2 rings (SSSR count). The van der Waals surface area contributed by atoms with Gasteiger partial charge in [-0.05, 0) is 44.7 Å². The zero-order valence-electron chi connectivity index (χ0n) is 11.7. The molecule has 0 unspecified atom stereocenters. The second kappa shape index (κ2) is 5.70. The first kappa shape index (κ1) is 14.0. The molecule has 1 amide bonds. The molecule has 2 heterocycles. The second-order valence-corrected chi connectivity index (χ2v) is 5.53. The van der Waals surface area contributed by atoms with E-state index in [-0.39, 0.29) is 5.91 Å². The summed E-state index contributed by atoms with van der Waals surface area (Å²) in [6.45, 7) is 5.22. The lowest BCUT2D eigenvalue weighted by Crippen LogP contribution is -2.33. The molecule has 19 heavy (non-hydrogen) atoms. The molecule has 1 aliphatic rings. The minimum Gasteiger partial charge on any atom is -0.390 e. The number of aromatic nitrogens is 1. The molecule has 4 heteroatoms. The van der Waals surface area contributed by atoms with Gasteiger partial charge >= 0.3 is 0 Å². The number of aliphatic hydroxyl groups is 1. The summed E-state index contributed by atoms with van der Waals surface area (Å²) >= 11 is 0. The summed E-state index contributed by atoms with van der Waals surface area (Å²) in [6.07, 6.45) is 4.78. The summed E-state index contributed by atoms with van der Waals surface area (Å²) < 4.78 is 0. The monoisotopic (exact) mass is 262 g/mol. The Balaban J connectivity index is 2.10. The smallest absolute Gasteiger partial charge is 0.253 e. The van der Waals surface area contributed by atoms with Crippen LogP contribution in [-0.4, -0.2) is 39.6 Å². The predicted molar refractivity (Wildman–Crippen MR) is 74.0 cm³/mol. The second-order valence-electron chi connectivity index (χ2n) is 5.53. The molecule has 1 atom stereocenters. The number of hydrogen-bond acceptors (Lipinski definition) is 3. The molecule has 0 spiro atoms. The van der Waals surface area contributed by atoms with Crippen molar-refractivity contribution in [1.29, 1.82) is 0 Å². The van der Waals surface area contributed by atoms with Crippen molar-refractivity contribution >= 4 is 5.91 Å². The van der Waals surface area contributed by atoms with Crippen LogP contribution < -0.4 is 0 Å². The first-order valence-electron chi connectivity index (χ1n) is 6.98. The molecular weight excluding hydrogens is 240 g/mol. The maximum Gasteiger partial charge on any atom is 0.253 e. The summed E-state index contributed by atoms with van der Waals surface area (Å²) in [5, 5.41) is 10.1. The van der Waals surface area contributed by atoms with Crippen LogP contribution in [0.2, 0.25) is 0 Å². The standard InChI is InChI=1S/C15H22N2O2/c1-3-13-11-12(5-8-16-13)14(18)17-9-4-6-15(2,19)7-10-17/h5,8,11,19H,3-4,6-7,9-10H2,1-2H3/t15-/m0/s1. The zero-order chi connectivity index (χ0) is 13.9. The van der Waals surface area contributed by atoms with Crippen molar-refractivity contribution in [2.45, 2.75) is 45.1 Å². The molecule has 1 fully saturated rings. The normalized spacial score (nSPS) is 24.1. The number of carbonyl (C=O) groups excluding carboxylic acids is 1. The van der Waals surface area contributed by atoms with Crippen molar-refractivity contribution in [3.63, 3.8) is 0 Å². The van der Waals surface area contributed by atoms with Gasteiger partial charge < -0.3 is 10.0 Å². The number of likely N-dealkylation sites (tertiary alicyclic amines) is 1. The van der Waals surface area contributed by atoms with Crippen LogP contribution in [0.4, 0.5) is 0 Å². The topological polar surface area (TPSA) is 53.4 Å². The van der Waals surface area contributed by atoms with Crippen LogP contribution in [0.1, 0.15) is 49.2 Å². The summed E-state index contributed by atoms with van der Waals surface area (Å²) in [6, 6.07) is 3.63. The average molecular weight is 262 g/mol. The van der Waals surface area contributed by atoms with Crippen molar-refractivity contribution in [3.8, 4) is 0 Å². The van der Waals surface area contributed by atoms with Gasteiger partial charge in [0.2, 0.25) is 0 Å². The number of aryl methyl sites for hydroxylation is 1. The number of rotatable bonds is 2. The third-order valence-corrected chi connectivity index (χ3v) is 3.78. The van der Waals surface area contributed by atoms with E-state index in [2.05, 4.69) is 4.98 Å². The van der Waals surface area contributed by atoms with Crippen LogP contribution in [0.3, 0.4) is 0 Å². The van der Waals surface area contributed by atoms with Crippen molar-refractivity contribution < 1.29 is 9.90 Å². The molecule has 0 radical (unpaired) electrons. The quantitative estimate of drug-likeness (QED) is 0.887. The summed E-state index contributed by atoms with van der Waals surface area (Å²) in [4.78, 5) is 18.5. The third-order valence-electron chi connectivity index (χ3n) is 3.78. The lowest BCUT2D eigenvalue weighted by molar-refractivity contribution is 0.0438. The number of amides is 1. The molecule has 4 nitrogen and oxygen atoms in total. The molecular formula is C15H22N2O2. The Morgan fingerprint density at radius 3 is 3.00 bits per heavy atom. The van der Waals surface area contributed by atoms with Crippen molar-refractivity contribution in [2.75, 3.05) is 13.1 Å². The Morgan fingerprint density at radius 1 is 1.47 bits per heavy atom. The van der Waals surface area contributed by atoms with Crippen LogP contribution in [-0.2, 0) is 6.42 Å². The fourth-order valence-corrected chi connectivity index (χ4v) is 2.45. The maximum absolute atomic E-state index is 12.4. The first-order valence-corrected chi connectivity index (χ1v) is 6.98. The van der Waals surface area contributed by atoms with E-state index in [9.17, 15) is 9.90 Å². The van der Waals surface area contributed by atoms with Gasteiger partial charge in [0.15, 0.2) is 0 Å². The van der Waals surface area contributed by atoms with E-state index < -0.39 is 5.60 Å². The molecule has 1 aromatic heterocycles. The average Bonchev–Trinajstić information content (AvgIpc) is 2.59. The summed E-state index contributed by atoms with van der Waals surface area (Å²) in [5.74, 6) is 0.0507. The fraction of sp³-hybridized carbons (Fsp3) is 0.600. The molecule has 0 bridgehead atoms. The molecule has 1 N–H and O–H groups in total. The largest absolute Gasteiger partial charge is 0.390 e. The van der Waals surface area contributed by atoms with Crippen LogP contribution >= 0.6 is 0 Å². The van der Waals surface area contributed by atoms with E-state index in [1.165, 1.54) is 0 Å². The third kappa shape index (κ3) is 3.53. The molecule has 104 valence electrons. The summed E-state index contributed by atoms with van der Waals surface area (Å²) in [5.41, 5.74) is 1.00. The molecule has 0 aliphatic carbocycles. The van der Waals surface area contributed by atoms with E-state index in [1.807, 2.05) is 24.8 Å². The van der Waals surface area contributed by atoms with Gasteiger partial charge in [0, 0.05) is 30.5 Å². The molecule has 1 saturated heterocycles. The van der Waals surface area contributed by atoms with Gasteiger partial charge in [0.05, 0.1) is 5.60 Å². The maximum atomic E-state index is 12.4. The predicted octanol–water partition coefficient (Wildman–Crippen LogP) is 2.02. The molecule has 1 aliphatic heterocycles. The van der Waals surface area contributed by atoms with Crippen molar-refractivity contribution in [2.24, 2.45) is 0 Å². The van der Waals surface area contributed by atoms with Gasteiger partial charge in [-0.2, -0.15) is 0 Å². The number of pyridine rings is 1. The van der Waals surface area contributed by atoms with Crippen LogP contribution in [0.15, 0.2) is 18.3 Å². The van der Waals surface area contributed by atoms with Gasteiger partial charge in [0.25, 0.3) is 5.91 Å². The Morgan fingerprint density at radius 2 is 2.26 bits per heavy atom. The first-order chi connectivity index (χ1) is 9.02. The lowest BCUT2D eigenvalue weighted by atomic mass is 9.98. The van der Waals surface area contributed by atoms with E-state index in [0.717, 1.165) is 31.5 Å². The van der Waals surface area contributed by atoms with Gasteiger partial charge in [-0.25, -0.2) is 0 Å². The van der Waals surface area contributed by atoms with Crippen LogP contribution in [0.25, 0.3) is 0 Å². The highest BCUT2D eigenvalue weighted by atomic mass is 16.3. The highest BCUT2D eigenvalue weighted by Crippen LogP contribution is 2.22. The van der Waals surface area contributed by atoms with Crippen LogP contribution in [0.5, 0.6) is 0 Å². The van der Waals surface area contributed by atoms with Gasteiger partial charge in [-0.3, -0.25) is 9.78 Å². The highest BCUT2D eigenvalue weighted by molar-refractivity contribution is 5.94. The number of carbonyl (C=O) groups is 1. The van der Waals surface area contributed by atoms with E-state index in [0.29, 0.717) is 18.5 Å². The lowest BCUT2D eigenvalue weighted by Gasteiger charge is -2.22. The molecule has 0 aromatic carbocycles.